The van der Waals surface area contributed by atoms with E-state index in [4.69, 9.17) is 4.74 Å². The molecule has 5 atom stereocenters. The van der Waals surface area contributed by atoms with E-state index in [0.717, 1.165) is 31.0 Å². The fraction of sp³-hybridized carbons (Fsp3) is 1.00. The molecule has 3 nitrogen and oxygen atoms in total. The highest BCUT2D eigenvalue weighted by molar-refractivity contribution is 4.87. The standard InChI is InChI=1S/C16H32N2O/c1-5-14-6-7-16(17-4)15(8-14)11-18-9-12(2)19-13(3)10-18/h12-17H,5-11H2,1-4H3. The Labute approximate surface area is 119 Å². The smallest absolute Gasteiger partial charge is 0.0678 e. The van der Waals surface area contributed by atoms with Crippen LogP contribution < -0.4 is 5.32 Å². The summed E-state index contributed by atoms with van der Waals surface area (Å²) in [6.45, 7) is 10.2. The lowest BCUT2D eigenvalue weighted by Crippen LogP contribution is -2.51. The van der Waals surface area contributed by atoms with Crippen molar-refractivity contribution in [1.82, 2.24) is 10.2 Å². The van der Waals surface area contributed by atoms with Gasteiger partial charge in [0.25, 0.3) is 0 Å². The van der Waals surface area contributed by atoms with E-state index in [0.29, 0.717) is 12.2 Å². The van der Waals surface area contributed by atoms with Crippen LogP contribution in [0.25, 0.3) is 0 Å². The Kier molecular flexibility index (Phi) is 5.67. The monoisotopic (exact) mass is 268 g/mol. The Morgan fingerprint density at radius 2 is 1.84 bits per heavy atom. The fourth-order valence-electron chi connectivity index (χ4n) is 4.08. The van der Waals surface area contributed by atoms with Crippen LogP contribution in [0.1, 0.15) is 46.5 Å². The Balaban J connectivity index is 1.90. The third kappa shape index (κ3) is 4.17. The molecule has 19 heavy (non-hydrogen) atoms. The highest BCUT2D eigenvalue weighted by Crippen LogP contribution is 2.32. The van der Waals surface area contributed by atoms with E-state index in [-0.39, 0.29) is 0 Å². The number of ether oxygens (including phenoxy) is 1. The van der Waals surface area contributed by atoms with Crippen LogP contribution in [0.3, 0.4) is 0 Å². The Morgan fingerprint density at radius 3 is 2.42 bits per heavy atom. The van der Waals surface area contributed by atoms with Crippen LogP contribution in [-0.2, 0) is 4.74 Å². The molecular formula is C16H32N2O. The first-order chi connectivity index (χ1) is 9.12. The molecule has 2 rings (SSSR count). The van der Waals surface area contributed by atoms with Crippen molar-refractivity contribution in [3.05, 3.63) is 0 Å². The fourth-order valence-corrected chi connectivity index (χ4v) is 4.08. The number of hydrogen-bond donors (Lipinski definition) is 1. The molecule has 2 fully saturated rings. The van der Waals surface area contributed by atoms with E-state index in [2.05, 4.69) is 38.0 Å². The number of nitrogens with one attached hydrogen (secondary N) is 1. The zero-order valence-electron chi connectivity index (χ0n) is 13.2. The van der Waals surface area contributed by atoms with Crippen LogP contribution >= 0.6 is 0 Å². The molecule has 0 aromatic carbocycles. The molecular weight excluding hydrogens is 236 g/mol. The van der Waals surface area contributed by atoms with Crippen molar-refractivity contribution in [2.45, 2.75) is 64.7 Å². The third-order valence-corrected chi connectivity index (χ3v) is 5.03. The molecule has 0 radical (unpaired) electrons. The Morgan fingerprint density at radius 1 is 1.16 bits per heavy atom. The highest BCUT2D eigenvalue weighted by atomic mass is 16.5. The first kappa shape index (κ1) is 15.3. The maximum atomic E-state index is 5.84. The maximum Gasteiger partial charge on any atom is 0.0678 e. The topological polar surface area (TPSA) is 24.5 Å². The summed E-state index contributed by atoms with van der Waals surface area (Å²) in [4.78, 5) is 2.63. The first-order valence-electron chi connectivity index (χ1n) is 8.17. The number of hydrogen-bond acceptors (Lipinski definition) is 3. The van der Waals surface area contributed by atoms with Gasteiger partial charge in [0.05, 0.1) is 12.2 Å². The second-order valence-electron chi connectivity index (χ2n) is 6.72. The van der Waals surface area contributed by atoms with Crippen LogP contribution in [0.5, 0.6) is 0 Å². The van der Waals surface area contributed by atoms with Gasteiger partial charge in [0.2, 0.25) is 0 Å². The maximum absolute atomic E-state index is 5.84. The van der Waals surface area contributed by atoms with Gasteiger partial charge in [-0.25, -0.2) is 0 Å². The molecule has 0 aromatic heterocycles. The van der Waals surface area contributed by atoms with Crippen LogP contribution in [0.2, 0.25) is 0 Å². The lowest BCUT2D eigenvalue weighted by Gasteiger charge is -2.42. The summed E-state index contributed by atoms with van der Waals surface area (Å²) in [6.07, 6.45) is 6.30. The lowest BCUT2D eigenvalue weighted by atomic mass is 9.76. The van der Waals surface area contributed by atoms with Gasteiger partial charge in [-0.15, -0.1) is 0 Å². The van der Waals surface area contributed by atoms with Crippen LogP contribution in [0.4, 0.5) is 0 Å². The predicted molar refractivity (Wildman–Crippen MR) is 80.4 cm³/mol. The predicted octanol–water partition coefficient (Wildman–Crippen LogP) is 2.51. The van der Waals surface area contributed by atoms with Crippen molar-refractivity contribution in [1.29, 1.82) is 0 Å². The van der Waals surface area contributed by atoms with Crippen molar-refractivity contribution in [2.24, 2.45) is 11.8 Å². The van der Waals surface area contributed by atoms with E-state index in [9.17, 15) is 0 Å². The summed E-state index contributed by atoms with van der Waals surface area (Å²) in [5.41, 5.74) is 0. The van der Waals surface area contributed by atoms with Gasteiger partial charge in [0.1, 0.15) is 0 Å². The molecule has 1 N–H and O–H groups in total. The van der Waals surface area contributed by atoms with Gasteiger partial charge in [0.15, 0.2) is 0 Å². The average molecular weight is 268 g/mol. The molecule has 1 saturated carbocycles. The van der Waals surface area contributed by atoms with Gasteiger partial charge < -0.3 is 10.1 Å². The van der Waals surface area contributed by atoms with Crippen LogP contribution in [-0.4, -0.2) is 49.8 Å². The first-order valence-corrected chi connectivity index (χ1v) is 8.17. The number of rotatable bonds is 4. The molecule has 0 aromatic rings. The van der Waals surface area contributed by atoms with E-state index >= 15 is 0 Å². The van der Waals surface area contributed by atoms with E-state index in [1.165, 1.54) is 32.2 Å². The van der Waals surface area contributed by atoms with Crippen molar-refractivity contribution < 1.29 is 4.74 Å². The van der Waals surface area contributed by atoms with Crippen molar-refractivity contribution in [3.63, 3.8) is 0 Å². The minimum Gasteiger partial charge on any atom is -0.373 e. The van der Waals surface area contributed by atoms with Gasteiger partial charge >= 0.3 is 0 Å². The SMILES string of the molecule is CCC1CCC(NC)C(CN2CC(C)OC(C)C2)C1. The summed E-state index contributed by atoms with van der Waals surface area (Å²) < 4.78 is 5.84. The van der Waals surface area contributed by atoms with Gasteiger partial charge in [0, 0.05) is 25.7 Å². The molecule has 0 bridgehead atoms. The second kappa shape index (κ2) is 7.05. The Bertz CT molecular complexity index is 261. The summed E-state index contributed by atoms with van der Waals surface area (Å²) in [5, 5.41) is 3.55. The van der Waals surface area contributed by atoms with E-state index in [1.807, 2.05) is 0 Å². The van der Waals surface area contributed by atoms with Crippen LogP contribution in [0.15, 0.2) is 0 Å². The molecule has 1 heterocycles. The normalized spacial score (nSPS) is 41.4. The molecule has 1 aliphatic heterocycles. The van der Waals surface area contributed by atoms with Crippen molar-refractivity contribution in [2.75, 3.05) is 26.7 Å². The molecule has 0 amide bonds. The number of nitrogens with zero attached hydrogens (tertiary/aromatic N) is 1. The van der Waals surface area contributed by atoms with Gasteiger partial charge in [-0.3, -0.25) is 4.90 Å². The average Bonchev–Trinajstić information content (AvgIpc) is 2.37. The molecule has 2 aliphatic rings. The summed E-state index contributed by atoms with van der Waals surface area (Å²) in [7, 11) is 2.13. The second-order valence-corrected chi connectivity index (χ2v) is 6.72. The molecule has 0 spiro atoms. The summed E-state index contributed by atoms with van der Waals surface area (Å²) in [5.74, 6) is 1.77. The van der Waals surface area contributed by atoms with Crippen molar-refractivity contribution in [3.8, 4) is 0 Å². The highest BCUT2D eigenvalue weighted by Gasteiger charge is 2.32. The van der Waals surface area contributed by atoms with Gasteiger partial charge in [-0.2, -0.15) is 0 Å². The minimum absolute atomic E-state index is 0.391. The van der Waals surface area contributed by atoms with E-state index in [1.54, 1.807) is 0 Å². The minimum atomic E-state index is 0.391. The molecule has 1 aliphatic carbocycles. The van der Waals surface area contributed by atoms with Crippen LogP contribution in [0, 0.1) is 11.8 Å². The molecule has 1 saturated heterocycles. The zero-order valence-corrected chi connectivity index (χ0v) is 13.2. The largest absolute Gasteiger partial charge is 0.373 e. The lowest BCUT2D eigenvalue weighted by molar-refractivity contribution is -0.0743. The summed E-state index contributed by atoms with van der Waals surface area (Å²) in [6, 6.07) is 0.719. The van der Waals surface area contributed by atoms with E-state index < -0.39 is 0 Å². The summed E-state index contributed by atoms with van der Waals surface area (Å²) >= 11 is 0. The molecule has 5 unspecified atom stereocenters. The Hall–Kier alpha value is -0.120. The quantitative estimate of drug-likeness (QED) is 0.848. The zero-order chi connectivity index (χ0) is 13.8. The third-order valence-electron chi connectivity index (χ3n) is 5.03. The van der Waals surface area contributed by atoms with Gasteiger partial charge in [-0.1, -0.05) is 13.3 Å². The molecule has 3 heteroatoms. The molecule has 112 valence electrons. The number of morpholine rings is 1. The van der Waals surface area contributed by atoms with Gasteiger partial charge in [-0.05, 0) is 52.0 Å². The van der Waals surface area contributed by atoms with Crippen molar-refractivity contribution >= 4 is 0 Å².